The van der Waals surface area contributed by atoms with Crippen LogP contribution in [-0.2, 0) is 43.1 Å². The number of thioether (sulfide) groups is 1. The highest BCUT2D eigenvalue weighted by molar-refractivity contribution is 8.24. The first-order valence-electron chi connectivity index (χ1n) is 8.95. The van der Waals surface area contributed by atoms with Gasteiger partial charge >= 0.3 is 20.9 Å². The average molecular weight is 600 g/mol. The number of nitrogens with one attached hydrogen (secondary N) is 1. The van der Waals surface area contributed by atoms with Gasteiger partial charge in [0.15, 0.2) is 20.2 Å². The van der Waals surface area contributed by atoms with Crippen molar-refractivity contribution >= 4 is 53.3 Å². The van der Waals surface area contributed by atoms with Crippen LogP contribution in [0.2, 0.25) is 0 Å². The van der Waals surface area contributed by atoms with E-state index in [9.17, 15) is 31.5 Å². The molecule has 2 aromatic carbocycles. The van der Waals surface area contributed by atoms with Gasteiger partial charge in [0, 0.05) is 11.3 Å². The van der Waals surface area contributed by atoms with Crippen LogP contribution in [0.15, 0.2) is 54.6 Å². The van der Waals surface area contributed by atoms with Crippen molar-refractivity contribution in [3.05, 3.63) is 71.3 Å². The van der Waals surface area contributed by atoms with E-state index in [2.05, 4.69) is 41.6 Å². The summed E-state index contributed by atoms with van der Waals surface area (Å²) in [6, 6.07) is 18.6. The molecule has 1 heterocycles. The van der Waals surface area contributed by atoms with Crippen molar-refractivity contribution < 1.29 is 62.6 Å². The zero-order chi connectivity index (χ0) is 27.8. The van der Waals surface area contributed by atoms with Crippen molar-refractivity contribution in [2.24, 2.45) is 0 Å². The minimum Gasteiger partial charge on any atom is -0.741 e. The van der Waals surface area contributed by atoms with Gasteiger partial charge in [0.25, 0.3) is 0 Å². The molecule has 0 bridgehead atoms. The van der Waals surface area contributed by atoms with Gasteiger partial charge in [-0.25, -0.2) is 16.8 Å². The van der Waals surface area contributed by atoms with Gasteiger partial charge < -0.3 is 9.11 Å². The fraction of sp³-hybridized carbons (Fsp3) is 0.222. The molecule has 0 unspecified atom stereocenters. The molecule has 0 fully saturated rings. The van der Waals surface area contributed by atoms with Crippen molar-refractivity contribution in [3.63, 3.8) is 0 Å². The van der Waals surface area contributed by atoms with Gasteiger partial charge in [-0.3, -0.25) is 5.21 Å². The van der Waals surface area contributed by atoms with Crippen molar-refractivity contribution in [1.82, 2.24) is 0 Å². The SMILES string of the molecule is O/[NH+]=C1\C(SCc2ccccc2)=[S+]Cc2ccccc21.O=S(=O)([O-])C(F)(F)F.O=S(=O)([O-])C(F)(F)F. The van der Waals surface area contributed by atoms with E-state index in [-0.39, 0.29) is 0 Å². The Balaban J connectivity index is 0.000000337. The summed E-state index contributed by atoms with van der Waals surface area (Å²) >= 11 is 3.54. The standard InChI is InChI=1S/C16H13NOS2.2CHF3O3S/c18-17-15-14-9-5-4-8-13(14)11-20-16(15)19-10-12-6-2-1-3-7-12;2*2-1(3,4)8(5,6)7/h1-9H,10-11H2;2*(H,5,6,7)/b17-15-;;. The molecule has 1 aliphatic rings. The number of benzene rings is 2. The molecule has 0 radical (unpaired) electrons. The lowest BCUT2D eigenvalue weighted by atomic mass is 10.1. The van der Waals surface area contributed by atoms with E-state index in [1.54, 1.807) is 23.1 Å². The van der Waals surface area contributed by atoms with Crippen molar-refractivity contribution in [1.29, 1.82) is 0 Å². The summed E-state index contributed by atoms with van der Waals surface area (Å²) in [5.74, 6) is 1.87. The summed E-state index contributed by atoms with van der Waals surface area (Å²) in [4.78, 5) is 0. The van der Waals surface area contributed by atoms with Gasteiger partial charge in [0.1, 0.15) is 0 Å². The van der Waals surface area contributed by atoms with E-state index in [0.29, 0.717) is 0 Å². The van der Waals surface area contributed by atoms with Gasteiger partial charge in [0.05, 0.1) is 5.56 Å². The predicted octanol–water partition coefficient (Wildman–Crippen LogP) is 1.71. The third-order valence-electron chi connectivity index (χ3n) is 3.74. The Hall–Kier alpha value is -2.25. The number of hydrogen-bond donors (Lipinski definition) is 2. The van der Waals surface area contributed by atoms with Gasteiger partial charge in [-0.15, -0.1) is 0 Å². The van der Waals surface area contributed by atoms with Gasteiger partial charge in [-0.05, 0) is 16.8 Å². The molecule has 0 aliphatic carbocycles. The van der Waals surface area contributed by atoms with Gasteiger partial charge in [0.2, 0.25) is 17.1 Å². The molecule has 0 saturated heterocycles. The summed E-state index contributed by atoms with van der Waals surface area (Å²) in [5.41, 5.74) is -6.80. The van der Waals surface area contributed by atoms with E-state index in [1.165, 1.54) is 11.1 Å². The molecule has 200 valence electrons. The zero-order valence-corrected chi connectivity index (χ0v) is 20.7. The molecule has 0 saturated carbocycles. The summed E-state index contributed by atoms with van der Waals surface area (Å²) in [6.45, 7) is 0. The quantitative estimate of drug-likeness (QED) is 0.101. The molecule has 0 atom stereocenters. The Labute approximate surface area is 209 Å². The molecular formula is C18H15F6NO7S4. The third-order valence-corrected chi connectivity index (χ3v) is 7.45. The fourth-order valence-corrected chi connectivity index (χ4v) is 4.47. The maximum Gasteiger partial charge on any atom is 0.485 e. The topological polar surface area (TPSA) is 149 Å². The van der Waals surface area contributed by atoms with Crippen LogP contribution in [0.3, 0.4) is 0 Å². The second-order valence-electron chi connectivity index (χ2n) is 6.29. The number of rotatable bonds is 2. The fourth-order valence-electron chi connectivity index (χ4n) is 2.16. The summed E-state index contributed by atoms with van der Waals surface area (Å²) in [6.07, 6.45) is 0. The Morgan fingerprint density at radius 1 is 0.861 bits per heavy atom. The van der Waals surface area contributed by atoms with E-state index in [1.807, 2.05) is 18.2 Å². The molecule has 0 spiro atoms. The van der Waals surface area contributed by atoms with E-state index in [4.69, 9.17) is 25.9 Å². The van der Waals surface area contributed by atoms with Crippen LogP contribution in [0.5, 0.6) is 0 Å². The normalized spacial score (nSPS) is 15.0. The Bertz CT molecular complexity index is 1250. The molecule has 2 N–H and O–H groups in total. The van der Waals surface area contributed by atoms with Crippen molar-refractivity contribution in [2.75, 3.05) is 0 Å². The maximum absolute atomic E-state index is 10.7. The smallest absolute Gasteiger partial charge is 0.485 e. The molecule has 1 aliphatic heterocycles. The molecule has 8 nitrogen and oxygen atoms in total. The third kappa shape index (κ3) is 10.0. The number of fused-ring (bicyclic) bond motifs is 1. The van der Waals surface area contributed by atoms with Crippen LogP contribution < -0.4 is 5.16 Å². The van der Waals surface area contributed by atoms with E-state index >= 15 is 0 Å². The number of halogens is 6. The lowest BCUT2D eigenvalue weighted by Crippen LogP contribution is -2.71. The second-order valence-corrected chi connectivity index (χ2v) is 11.3. The maximum atomic E-state index is 10.7. The van der Waals surface area contributed by atoms with Crippen LogP contribution in [0.4, 0.5) is 26.3 Å². The molecule has 0 aromatic heterocycles. The Morgan fingerprint density at radius 3 is 1.75 bits per heavy atom. The Kier molecular flexibility index (Phi) is 11.3. The van der Waals surface area contributed by atoms with Crippen molar-refractivity contribution in [3.8, 4) is 0 Å². The van der Waals surface area contributed by atoms with E-state index in [0.717, 1.165) is 27.0 Å². The number of alkyl halides is 6. The molecule has 2 aromatic rings. The first-order chi connectivity index (χ1) is 16.4. The molecule has 18 heteroatoms. The average Bonchev–Trinajstić information content (AvgIpc) is 2.76. The first kappa shape index (κ1) is 31.8. The van der Waals surface area contributed by atoms with E-state index < -0.39 is 31.3 Å². The first-order valence-corrected chi connectivity index (χ1v) is 13.7. The van der Waals surface area contributed by atoms with Crippen LogP contribution in [0.1, 0.15) is 16.7 Å². The summed E-state index contributed by atoms with van der Waals surface area (Å²) < 4.78 is 119. The largest absolute Gasteiger partial charge is 0.741 e. The highest BCUT2D eigenvalue weighted by Crippen LogP contribution is 2.22. The van der Waals surface area contributed by atoms with Gasteiger partial charge in [-0.2, -0.15) is 26.3 Å². The highest BCUT2D eigenvalue weighted by atomic mass is 32.2. The van der Waals surface area contributed by atoms with Crippen LogP contribution in [0, 0.1) is 0 Å². The molecular weight excluding hydrogens is 584 g/mol. The minimum atomic E-state index is -6.09. The predicted molar refractivity (Wildman–Crippen MR) is 119 cm³/mol. The molecule has 3 rings (SSSR count). The summed E-state index contributed by atoms with van der Waals surface area (Å²) in [7, 11) is -12.2. The minimum absolute atomic E-state index is 0.831. The monoisotopic (exact) mass is 599 g/mol. The molecule has 0 amide bonds. The number of hydrogen-bond acceptors (Lipinski definition) is 8. The zero-order valence-electron chi connectivity index (χ0n) is 17.4. The van der Waals surface area contributed by atoms with Gasteiger partial charge in [-0.1, -0.05) is 60.3 Å². The molecule has 36 heavy (non-hydrogen) atoms. The summed E-state index contributed by atoms with van der Waals surface area (Å²) in [5, 5.41) is 11.9. The van der Waals surface area contributed by atoms with Crippen molar-refractivity contribution in [2.45, 2.75) is 22.5 Å². The van der Waals surface area contributed by atoms with Crippen LogP contribution in [-0.4, -0.2) is 52.1 Å². The second kappa shape index (κ2) is 12.8. The lowest BCUT2D eigenvalue weighted by Gasteiger charge is -2.08. The van der Waals surface area contributed by atoms with Crippen LogP contribution >= 0.6 is 11.8 Å². The highest BCUT2D eigenvalue weighted by Gasteiger charge is 2.37. The van der Waals surface area contributed by atoms with Crippen LogP contribution in [0.25, 0.3) is 0 Å². The lowest BCUT2D eigenvalue weighted by molar-refractivity contribution is -0.735. The Morgan fingerprint density at radius 2 is 1.31 bits per heavy atom.